The molecule has 2 aromatic heterocycles. The molecule has 21 heavy (non-hydrogen) atoms. The van der Waals surface area contributed by atoms with E-state index in [1.165, 1.54) is 0 Å². The van der Waals surface area contributed by atoms with E-state index >= 15 is 0 Å². The Morgan fingerprint density at radius 3 is 3.10 bits per heavy atom. The van der Waals surface area contributed by atoms with Gasteiger partial charge in [-0.3, -0.25) is 9.69 Å². The molecule has 7 nitrogen and oxygen atoms in total. The first-order valence-corrected chi connectivity index (χ1v) is 7.07. The van der Waals surface area contributed by atoms with Crippen LogP contribution in [0.3, 0.4) is 0 Å². The summed E-state index contributed by atoms with van der Waals surface area (Å²) in [6, 6.07) is 3.94. The molecule has 2 bridgehead atoms. The summed E-state index contributed by atoms with van der Waals surface area (Å²) in [6.07, 6.45) is 4.26. The minimum atomic E-state index is -0.700. The third-order valence-electron chi connectivity index (χ3n) is 4.53. The summed E-state index contributed by atoms with van der Waals surface area (Å²) in [5, 5.41) is 13.2. The van der Waals surface area contributed by atoms with E-state index in [2.05, 4.69) is 15.0 Å². The maximum atomic E-state index is 11.3. The molecule has 0 spiro atoms. The van der Waals surface area contributed by atoms with Crippen LogP contribution in [-0.2, 0) is 11.3 Å². The van der Waals surface area contributed by atoms with Crippen molar-refractivity contribution >= 4 is 5.97 Å². The quantitative estimate of drug-likeness (QED) is 0.916. The van der Waals surface area contributed by atoms with Crippen molar-refractivity contribution in [2.75, 3.05) is 0 Å². The van der Waals surface area contributed by atoms with Crippen LogP contribution in [0.5, 0.6) is 0 Å². The number of furan rings is 1. The molecular weight excluding hydrogens is 274 g/mol. The highest BCUT2D eigenvalue weighted by molar-refractivity contribution is 5.71. The van der Waals surface area contributed by atoms with Crippen molar-refractivity contribution in [3.63, 3.8) is 0 Å². The second-order valence-corrected chi connectivity index (χ2v) is 5.64. The molecule has 2 saturated heterocycles. The van der Waals surface area contributed by atoms with Crippen LogP contribution >= 0.6 is 0 Å². The van der Waals surface area contributed by atoms with Gasteiger partial charge in [-0.1, -0.05) is 5.16 Å². The highest BCUT2D eigenvalue weighted by Crippen LogP contribution is 2.42. The highest BCUT2D eigenvalue weighted by atomic mass is 16.5. The Bertz CT molecular complexity index is 651. The fraction of sp³-hybridized carbons (Fsp3) is 0.500. The minimum Gasteiger partial charge on any atom is -0.481 e. The maximum absolute atomic E-state index is 11.3. The molecule has 0 radical (unpaired) electrons. The molecule has 4 heterocycles. The molecule has 2 aliphatic rings. The zero-order valence-corrected chi connectivity index (χ0v) is 11.3. The van der Waals surface area contributed by atoms with Gasteiger partial charge in [-0.2, -0.15) is 4.98 Å². The number of aromatic nitrogens is 2. The Labute approximate surface area is 120 Å². The van der Waals surface area contributed by atoms with Gasteiger partial charge in [0.1, 0.15) is 0 Å². The molecule has 2 aromatic rings. The Morgan fingerprint density at radius 2 is 2.38 bits per heavy atom. The van der Waals surface area contributed by atoms with Crippen molar-refractivity contribution < 1.29 is 18.8 Å². The lowest BCUT2D eigenvalue weighted by Gasteiger charge is -2.20. The summed E-state index contributed by atoms with van der Waals surface area (Å²) in [6.45, 7) is 0.507. The van der Waals surface area contributed by atoms with Gasteiger partial charge >= 0.3 is 5.97 Å². The Balaban J connectivity index is 1.51. The number of rotatable bonds is 4. The zero-order chi connectivity index (χ0) is 14.4. The van der Waals surface area contributed by atoms with Crippen LogP contribution in [0.25, 0.3) is 11.6 Å². The number of carbonyl (C=O) groups is 1. The standard InChI is InChI=1S/C14H15N3O4/c18-14(19)9-6-8-3-4-10(9)17(8)7-12-15-13(16-21-12)11-2-1-5-20-11/h1-2,5,8-10H,3-4,6-7H2,(H,18,19). The number of carboxylic acids is 1. The molecule has 4 rings (SSSR count). The van der Waals surface area contributed by atoms with Crippen LogP contribution in [0.1, 0.15) is 25.2 Å². The molecule has 7 heteroatoms. The van der Waals surface area contributed by atoms with E-state index in [4.69, 9.17) is 8.94 Å². The molecule has 2 fully saturated rings. The molecular formula is C14H15N3O4. The monoisotopic (exact) mass is 289 g/mol. The van der Waals surface area contributed by atoms with Gasteiger partial charge in [0.05, 0.1) is 18.7 Å². The molecule has 2 aliphatic heterocycles. The van der Waals surface area contributed by atoms with Crippen LogP contribution in [0.15, 0.2) is 27.3 Å². The lowest BCUT2D eigenvalue weighted by Crippen LogP contribution is -2.32. The van der Waals surface area contributed by atoms with Crippen LogP contribution in [0.4, 0.5) is 0 Å². The summed E-state index contributed by atoms with van der Waals surface area (Å²) in [5.74, 6) is 0.531. The van der Waals surface area contributed by atoms with E-state index in [1.54, 1.807) is 18.4 Å². The van der Waals surface area contributed by atoms with Crippen molar-refractivity contribution in [1.29, 1.82) is 0 Å². The highest BCUT2D eigenvalue weighted by Gasteiger charge is 2.49. The van der Waals surface area contributed by atoms with Gasteiger partial charge in [0, 0.05) is 12.1 Å². The molecule has 0 aromatic carbocycles. The molecule has 110 valence electrons. The third kappa shape index (κ3) is 2.04. The van der Waals surface area contributed by atoms with Gasteiger partial charge in [0.2, 0.25) is 11.7 Å². The largest absolute Gasteiger partial charge is 0.481 e. The summed E-state index contributed by atoms with van der Waals surface area (Å²) >= 11 is 0. The molecule has 0 saturated carbocycles. The van der Waals surface area contributed by atoms with Crippen molar-refractivity contribution in [1.82, 2.24) is 15.0 Å². The maximum Gasteiger partial charge on any atom is 0.308 e. The first-order chi connectivity index (χ1) is 10.2. The van der Waals surface area contributed by atoms with Gasteiger partial charge in [0.25, 0.3) is 0 Å². The SMILES string of the molecule is O=C(O)C1CC2CCC1N2Cc1nc(-c2ccco2)no1. The van der Waals surface area contributed by atoms with Gasteiger partial charge < -0.3 is 14.0 Å². The van der Waals surface area contributed by atoms with Crippen LogP contribution < -0.4 is 0 Å². The molecule has 0 amide bonds. The second-order valence-electron chi connectivity index (χ2n) is 5.64. The number of nitrogens with zero attached hydrogens (tertiary/aromatic N) is 3. The molecule has 1 N–H and O–H groups in total. The van der Waals surface area contributed by atoms with Crippen LogP contribution in [0.2, 0.25) is 0 Å². The molecule has 3 unspecified atom stereocenters. The smallest absolute Gasteiger partial charge is 0.308 e. The topological polar surface area (TPSA) is 92.6 Å². The van der Waals surface area contributed by atoms with Gasteiger partial charge in [-0.05, 0) is 31.4 Å². The average Bonchev–Trinajstić information content (AvgIpc) is 3.22. The Morgan fingerprint density at radius 1 is 1.48 bits per heavy atom. The second kappa shape index (κ2) is 4.70. The summed E-state index contributed by atoms with van der Waals surface area (Å²) in [7, 11) is 0. The van der Waals surface area contributed by atoms with E-state index in [9.17, 15) is 9.90 Å². The van der Waals surface area contributed by atoms with Gasteiger partial charge in [-0.15, -0.1) is 0 Å². The van der Waals surface area contributed by atoms with Crippen molar-refractivity contribution in [2.45, 2.75) is 37.9 Å². The molecule has 3 atom stereocenters. The summed E-state index contributed by atoms with van der Waals surface area (Å²) in [4.78, 5) is 17.8. The van der Waals surface area contributed by atoms with E-state index in [0.717, 1.165) is 19.3 Å². The molecule has 0 aliphatic carbocycles. The lowest BCUT2D eigenvalue weighted by atomic mass is 9.89. The number of carboxylic acid groups (broad SMARTS) is 1. The predicted molar refractivity (Wildman–Crippen MR) is 70.1 cm³/mol. The number of hydrogen-bond donors (Lipinski definition) is 1. The van der Waals surface area contributed by atoms with E-state index < -0.39 is 5.97 Å². The van der Waals surface area contributed by atoms with Crippen molar-refractivity contribution in [3.05, 3.63) is 24.3 Å². The minimum absolute atomic E-state index is 0.0893. The third-order valence-corrected chi connectivity index (χ3v) is 4.53. The van der Waals surface area contributed by atoms with Crippen molar-refractivity contribution in [3.8, 4) is 11.6 Å². The zero-order valence-electron chi connectivity index (χ0n) is 11.3. The first kappa shape index (κ1) is 12.6. The van der Waals surface area contributed by atoms with Gasteiger partial charge in [0.15, 0.2) is 5.76 Å². The predicted octanol–water partition coefficient (Wildman–Crippen LogP) is 1.77. The fourth-order valence-corrected chi connectivity index (χ4v) is 3.59. The Kier molecular flexibility index (Phi) is 2.81. The number of hydrogen-bond acceptors (Lipinski definition) is 6. The van der Waals surface area contributed by atoms with E-state index in [0.29, 0.717) is 30.1 Å². The van der Waals surface area contributed by atoms with Crippen LogP contribution in [0, 0.1) is 5.92 Å². The normalized spacial score (nSPS) is 28.3. The van der Waals surface area contributed by atoms with Crippen molar-refractivity contribution in [2.24, 2.45) is 5.92 Å². The Hall–Kier alpha value is -2.15. The average molecular weight is 289 g/mol. The summed E-state index contributed by atoms with van der Waals surface area (Å²) < 4.78 is 10.5. The van der Waals surface area contributed by atoms with E-state index in [-0.39, 0.29) is 12.0 Å². The first-order valence-electron chi connectivity index (χ1n) is 7.07. The van der Waals surface area contributed by atoms with Crippen LogP contribution in [-0.4, -0.2) is 38.2 Å². The number of fused-ring (bicyclic) bond motifs is 2. The van der Waals surface area contributed by atoms with Gasteiger partial charge in [-0.25, -0.2) is 0 Å². The summed E-state index contributed by atoms with van der Waals surface area (Å²) in [5.41, 5.74) is 0. The lowest BCUT2D eigenvalue weighted by molar-refractivity contribution is -0.142. The fourth-order valence-electron chi connectivity index (χ4n) is 3.59. The van der Waals surface area contributed by atoms with E-state index in [1.807, 2.05) is 0 Å². The number of aliphatic carboxylic acids is 1.